The van der Waals surface area contributed by atoms with Gasteiger partial charge in [0.05, 0.1) is 6.04 Å². The van der Waals surface area contributed by atoms with Crippen molar-refractivity contribution in [3.05, 3.63) is 0 Å². The number of hydrogen-bond donors (Lipinski definition) is 0. The van der Waals surface area contributed by atoms with Crippen molar-refractivity contribution >= 4 is 11.7 Å². The molecule has 1 rings (SSSR count). The second-order valence-corrected chi connectivity index (χ2v) is 2.98. The first-order chi connectivity index (χ1) is 6.13. The Morgan fingerprint density at radius 2 is 1.77 bits per heavy atom. The van der Waals surface area contributed by atoms with Gasteiger partial charge < -0.3 is 4.90 Å². The van der Waals surface area contributed by atoms with Gasteiger partial charge in [-0.3, -0.25) is 9.59 Å². The molecule has 3 nitrogen and oxygen atoms in total. The highest BCUT2D eigenvalue weighted by molar-refractivity contribution is 5.87. The lowest BCUT2D eigenvalue weighted by molar-refractivity contribution is -0.135. The zero-order chi connectivity index (χ0) is 10.4. The normalized spacial score (nSPS) is 20.6. The second kappa shape index (κ2) is 5.73. The van der Waals surface area contributed by atoms with Crippen LogP contribution in [0, 0.1) is 0 Å². The van der Waals surface area contributed by atoms with Gasteiger partial charge in [-0.15, -0.1) is 0 Å². The number of ketones is 1. The summed E-state index contributed by atoms with van der Waals surface area (Å²) < 4.78 is 0. The fraction of sp³-hybridized carbons (Fsp3) is 0.800. The van der Waals surface area contributed by atoms with Crippen LogP contribution in [-0.2, 0) is 9.59 Å². The molecule has 1 heterocycles. The summed E-state index contributed by atoms with van der Waals surface area (Å²) in [5, 5.41) is 0. The molecule has 1 fully saturated rings. The molecule has 1 amide bonds. The van der Waals surface area contributed by atoms with Crippen molar-refractivity contribution in [3.8, 4) is 0 Å². The summed E-state index contributed by atoms with van der Waals surface area (Å²) in [6.45, 7) is 7.81. The number of likely N-dealkylation sites (tertiary alicyclic amines) is 1. The third-order valence-electron chi connectivity index (χ3n) is 2.13. The van der Waals surface area contributed by atoms with Gasteiger partial charge in [0.15, 0.2) is 5.78 Å². The van der Waals surface area contributed by atoms with Gasteiger partial charge in [-0.2, -0.15) is 0 Å². The Kier molecular flexibility index (Phi) is 5.35. The average molecular weight is 185 g/mol. The predicted molar refractivity (Wildman–Crippen MR) is 52.4 cm³/mol. The maximum atomic E-state index is 11.0. The van der Waals surface area contributed by atoms with Crippen LogP contribution in [0.25, 0.3) is 0 Å². The smallest absolute Gasteiger partial charge is 0.220 e. The number of hydrogen-bond acceptors (Lipinski definition) is 2. The van der Waals surface area contributed by atoms with Gasteiger partial charge in [-0.05, 0) is 19.8 Å². The molecule has 1 aliphatic rings. The Bertz CT molecular complexity index is 169. The molecule has 0 aromatic heterocycles. The molecule has 0 N–H and O–H groups in total. The number of amides is 1. The minimum atomic E-state index is -0.132. The minimum absolute atomic E-state index is 0.0164. The van der Waals surface area contributed by atoms with E-state index in [-0.39, 0.29) is 17.7 Å². The Labute approximate surface area is 80.1 Å². The van der Waals surface area contributed by atoms with Gasteiger partial charge in [0.1, 0.15) is 0 Å². The van der Waals surface area contributed by atoms with Crippen molar-refractivity contribution in [1.29, 1.82) is 0 Å². The minimum Gasteiger partial charge on any atom is -0.333 e. The lowest BCUT2D eigenvalue weighted by Crippen LogP contribution is -2.37. The zero-order valence-corrected chi connectivity index (χ0v) is 8.96. The Morgan fingerprint density at radius 3 is 2.08 bits per heavy atom. The van der Waals surface area contributed by atoms with Crippen molar-refractivity contribution < 1.29 is 9.59 Å². The number of carbonyl (C=O) groups is 2. The highest BCUT2D eigenvalue weighted by Gasteiger charge is 2.29. The molecule has 1 saturated heterocycles. The Morgan fingerprint density at radius 1 is 1.23 bits per heavy atom. The van der Waals surface area contributed by atoms with E-state index >= 15 is 0 Å². The highest BCUT2D eigenvalue weighted by atomic mass is 16.2. The zero-order valence-electron chi connectivity index (χ0n) is 8.96. The van der Waals surface area contributed by atoms with E-state index in [9.17, 15) is 9.59 Å². The molecule has 13 heavy (non-hydrogen) atoms. The molecule has 76 valence electrons. The summed E-state index contributed by atoms with van der Waals surface area (Å²) in [5.41, 5.74) is 0. The standard InChI is InChI=1S/C8H13NO2.C2H6/c1-6(10)8-4-3-5-9(8)7(2)11;1-2/h8H,3-5H2,1-2H3;1-2H3. The van der Waals surface area contributed by atoms with E-state index in [4.69, 9.17) is 0 Å². The van der Waals surface area contributed by atoms with Crippen LogP contribution in [0.5, 0.6) is 0 Å². The first-order valence-corrected chi connectivity index (χ1v) is 4.90. The van der Waals surface area contributed by atoms with Crippen LogP contribution in [0.2, 0.25) is 0 Å². The molecule has 3 heteroatoms. The molecule has 0 aliphatic carbocycles. The van der Waals surface area contributed by atoms with Crippen LogP contribution in [-0.4, -0.2) is 29.2 Å². The molecule has 0 aromatic carbocycles. The summed E-state index contributed by atoms with van der Waals surface area (Å²) in [4.78, 5) is 23.6. The summed E-state index contributed by atoms with van der Waals surface area (Å²) in [6, 6.07) is -0.132. The van der Waals surface area contributed by atoms with Crippen LogP contribution in [0.3, 0.4) is 0 Å². The van der Waals surface area contributed by atoms with Crippen LogP contribution < -0.4 is 0 Å². The summed E-state index contributed by atoms with van der Waals surface area (Å²) >= 11 is 0. The fourth-order valence-electron chi connectivity index (χ4n) is 1.57. The van der Waals surface area contributed by atoms with E-state index < -0.39 is 0 Å². The molecule has 1 aliphatic heterocycles. The van der Waals surface area contributed by atoms with Crippen molar-refractivity contribution in [2.45, 2.75) is 46.6 Å². The van der Waals surface area contributed by atoms with Crippen molar-refractivity contribution in [3.63, 3.8) is 0 Å². The molecule has 0 bridgehead atoms. The number of rotatable bonds is 1. The van der Waals surface area contributed by atoms with E-state index in [1.807, 2.05) is 13.8 Å². The van der Waals surface area contributed by atoms with Gasteiger partial charge in [0, 0.05) is 13.5 Å². The summed E-state index contributed by atoms with van der Waals surface area (Å²) in [6.07, 6.45) is 1.80. The number of carbonyl (C=O) groups excluding carboxylic acids is 2. The van der Waals surface area contributed by atoms with Gasteiger partial charge in [0.2, 0.25) is 5.91 Å². The largest absolute Gasteiger partial charge is 0.333 e. The van der Waals surface area contributed by atoms with Crippen LogP contribution in [0.4, 0.5) is 0 Å². The Balaban J connectivity index is 0.000000671. The van der Waals surface area contributed by atoms with Crippen molar-refractivity contribution in [1.82, 2.24) is 4.90 Å². The molecular weight excluding hydrogens is 166 g/mol. The van der Waals surface area contributed by atoms with Crippen LogP contribution in [0.1, 0.15) is 40.5 Å². The van der Waals surface area contributed by atoms with E-state index in [0.29, 0.717) is 0 Å². The fourth-order valence-corrected chi connectivity index (χ4v) is 1.57. The first-order valence-electron chi connectivity index (χ1n) is 4.90. The third-order valence-corrected chi connectivity index (χ3v) is 2.13. The maximum Gasteiger partial charge on any atom is 0.220 e. The van der Waals surface area contributed by atoms with Gasteiger partial charge in [0.25, 0.3) is 0 Å². The topological polar surface area (TPSA) is 37.4 Å². The van der Waals surface area contributed by atoms with Gasteiger partial charge in [-0.25, -0.2) is 0 Å². The molecular formula is C10H19NO2. The molecule has 1 unspecified atom stereocenters. The van der Waals surface area contributed by atoms with Gasteiger partial charge in [-0.1, -0.05) is 13.8 Å². The quantitative estimate of drug-likeness (QED) is 0.622. The second-order valence-electron chi connectivity index (χ2n) is 2.98. The monoisotopic (exact) mass is 185 g/mol. The van der Waals surface area contributed by atoms with E-state index in [2.05, 4.69) is 0 Å². The molecule has 1 atom stereocenters. The maximum absolute atomic E-state index is 11.0. The SMILES string of the molecule is CC.CC(=O)C1CCCN1C(C)=O. The average Bonchev–Trinajstić information content (AvgIpc) is 2.55. The molecule has 0 saturated carbocycles. The van der Waals surface area contributed by atoms with Gasteiger partial charge >= 0.3 is 0 Å². The highest BCUT2D eigenvalue weighted by Crippen LogP contribution is 2.17. The number of Topliss-reactive ketones (excluding diaryl/α,β-unsaturated/α-hetero) is 1. The Hall–Kier alpha value is -0.860. The predicted octanol–water partition coefficient (Wildman–Crippen LogP) is 1.61. The third kappa shape index (κ3) is 3.17. The van der Waals surface area contributed by atoms with E-state index in [1.54, 1.807) is 11.8 Å². The lowest BCUT2D eigenvalue weighted by Gasteiger charge is -2.20. The lowest BCUT2D eigenvalue weighted by atomic mass is 10.1. The van der Waals surface area contributed by atoms with Crippen LogP contribution >= 0.6 is 0 Å². The number of nitrogens with zero attached hydrogens (tertiary/aromatic N) is 1. The molecule has 0 radical (unpaired) electrons. The van der Waals surface area contributed by atoms with Crippen LogP contribution in [0.15, 0.2) is 0 Å². The summed E-state index contributed by atoms with van der Waals surface area (Å²) in [5.74, 6) is 0.125. The van der Waals surface area contributed by atoms with E-state index in [0.717, 1.165) is 19.4 Å². The van der Waals surface area contributed by atoms with E-state index in [1.165, 1.54) is 6.92 Å². The van der Waals surface area contributed by atoms with Crippen molar-refractivity contribution in [2.24, 2.45) is 0 Å². The summed E-state index contributed by atoms with van der Waals surface area (Å²) in [7, 11) is 0. The molecule has 0 spiro atoms. The molecule has 0 aromatic rings. The van der Waals surface area contributed by atoms with Crippen molar-refractivity contribution in [2.75, 3.05) is 6.54 Å². The first kappa shape index (κ1) is 12.1.